The summed E-state index contributed by atoms with van der Waals surface area (Å²) in [5, 5.41) is 3.20. The molecule has 1 aliphatic heterocycles. The lowest BCUT2D eigenvalue weighted by Crippen LogP contribution is -2.32. The molecule has 0 radical (unpaired) electrons. The summed E-state index contributed by atoms with van der Waals surface area (Å²) in [5.74, 6) is 0.435. The fraction of sp³-hybridized carbons (Fsp3) is 0.214. The van der Waals surface area contributed by atoms with Gasteiger partial charge in [-0.05, 0) is 75.2 Å². The summed E-state index contributed by atoms with van der Waals surface area (Å²) >= 11 is 0. The van der Waals surface area contributed by atoms with Crippen molar-refractivity contribution in [2.24, 2.45) is 0 Å². The van der Waals surface area contributed by atoms with Gasteiger partial charge in [0.1, 0.15) is 17.2 Å². The summed E-state index contributed by atoms with van der Waals surface area (Å²) in [6.07, 6.45) is 0.0239. The van der Waals surface area contributed by atoms with Crippen LogP contribution in [0.1, 0.15) is 30.5 Å². The third kappa shape index (κ3) is 4.53. The number of nitrogens with one attached hydrogen (secondary N) is 1. The number of anilines is 2. The molecule has 0 aliphatic carbocycles. The molecule has 0 atom stereocenters. The van der Waals surface area contributed by atoms with Crippen LogP contribution in [0.25, 0.3) is 5.57 Å². The lowest BCUT2D eigenvalue weighted by atomic mass is 10.0. The van der Waals surface area contributed by atoms with Gasteiger partial charge in [-0.3, -0.25) is 9.59 Å². The van der Waals surface area contributed by atoms with Gasteiger partial charge >= 0.3 is 0 Å². The van der Waals surface area contributed by atoms with Gasteiger partial charge in [0.25, 0.3) is 11.8 Å². The average Bonchev–Trinajstić information content (AvgIpc) is 3.04. The van der Waals surface area contributed by atoms with E-state index in [0.29, 0.717) is 34.0 Å². The summed E-state index contributed by atoms with van der Waals surface area (Å²) in [6.45, 7) is 7.81. The zero-order chi connectivity index (χ0) is 24.4. The molecule has 1 N–H and O–H groups in total. The minimum Gasteiger partial charge on any atom is -0.495 e. The predicted molar refractivity (Wildman–Crippen MR) is 134 cm³/mol. The topological polar surface area (TPSA) is 67.9 Å². The van der Waals surface area contributed by atoms with Crippen LogP contribution in [0.15, 0.2) is 72.4 Å². The van der Waals surface area contributed by atoms with Crippen LogP contribution in [0, 0.1) is 13.8 Å². The zero-order valence-electron chi connectivity index (χ0n) is 20.0. The molecule has 0 unspecified atom stereocenters. The molecule has 174 valence electrons. The number of hydrogen-bond donors (Lipinski definition) is 1. The Hall–Kier alpha value is -4.06. The molecule has 0 bridgehead atoms. The van der Waals surface area contributed by atoms with Crippen LogP contribution in [0.4, 0.5) is 11.4 Å². The molecular weight excluding hydrogens is 428 g/mol. The van der Waals surface area contributed by atoms with Crippen molar-refractivity contribution < 1.29 is 19.1 Å². The first-order valence-electron chi connectivity index (χ1n) is 11.2. The highest BCUT2D eigenvalue weighted by Crippen LogP contribution is 2.36. The van der Waals surface area contributed by atoms with Crippen LogP contribution < -0.4 is 19.7 Å². The molecule has 0 aromatic heterocycles. The normalized spacial score (nSPS) is 13.6. The van der Waals surface area contributed by atoms with E-state index in [0.717, 1.165) is 11.1 Å². The van der Waals surface area contributed by atoms with Gasteiger partial charge in [0.05, 0.1) is 30.2 Å². The Labute approximate surface area is 199 Å². The van der Waals surface area contributed by atoms with Gasteiger partial charge in [0.2, 0.25) is 0 Å². The number of aryl methyl sites for hydroxylation is 2. The van der Waals surface area contributed by atoms with Crippen molar-refractivity contribution in [3.05, 3.63) is 89.1 Å². The molecule has 6 heteroatoms. The molecule has 34 heavy (non-hydrogen) atoms. The van der Waals surface area contributed by atoms with Crippen LogP contribution >= 0.6 is 0 Å². The van der Waals surface area contributed by atoms with Crippen molar-refractivity contribution in [1.29, 1.82) is 0 Å². The Morgan fingerprint density at radius 2 is 1.47 bits per heavy atom. The van der Waals surface area contributed by atoms with Crippen LogP contribution in [0.2, 0.25) is 0 Å². The fourth-order valence-electron chi connectivity index (χ4n) is 3.87. The van der Waals surface area contributed by atoms with Crippen LogP contribution in [0.3, 0.4) is 0 Å². The molecule has 6 nitrogen and oxygen atoms in total. The zero-order valence-corrected chi connectivity index (χ0v) is 20.0. The number of carbonyl (C=O) groups is 2. The fourth-order valence-corrected chi connectivity index (χ4v) is 3.87. The summed E-state index contributed by atoms with van der Waals surface area (Å²) in [6, 6.07) is 20.2. The van der Waals surface area contributed by atoms with Crippen LogP contribution in [0.5, 0.6) is 11.5 Å². The SMILES string of the molecule is COc1ccc(C)cc1NC1=C(c2ccc(C)cc2)C(=O)N(c2ccc(OC(C)C)cc2)C1=O. The number of carbonyl (C=O) groups excluding carboxylic acids is 2. The third-order valence-corrected chi connectivity index (χ3v) is 5.51. The van der Waals surface area contributed by atoms with Gasteiger partial charge in [-0.15, -0.1) is 0 Å². The first-order chi connectivity index (χ1) is 16.3. The molecule has 1 aliphatic rings. The minimum absolute atomic E-state index is 0.0239. The summed E-state index contributed by atoms with van der Waals surface area (Å²) in [7, 11) is 1.57. The molecule has 0 saturated carbocycles. The van der Waals surface area contributed by atoms with Crippen LogP contribution in [-0.2, 0) is 9.59 Å². The quantitative estimate of drug-likeness (QED) is 0.476. The first-order valence-corrected chi connectivity index (χ1v) is 11.2. The molecule has 1 heterocycles. The van der Waals surface area contributed by atoms with Crippen molar-refractivity contribution in [3.63, 3.8) is 0 Å². The lowest BCUT2D eigenvalue weighted by molar-refractivity contribution is -0.120. The highest BCUT2D eigenvalue weighted by Gasteiger charge is 2.40. The summed E-state index contributed by atoms with van der Waals surface area (Å²) < 4.78 is 11.2. The largest absolute Gasteiger partial charge is 0.495 e. The maximum absolute atomic E-state index is 13.6. The molecule has 0 spiro atoms. The van der Waals surface area contributed by atoms with Crippen molar-refractivity contribution in [1.82, 2.24) is 0 Å². The molecule has 3 aromatic carbocycles. The van der Waals surface area contributed by atoms with Crippen molar-refractivity contribution in [2.45, 2.75) is 33.8 Å². The summed E-state index contributed by atoms with van der Waals surface area (Å²) in [5.41, 5.74) is 4.34. The second kappa shape index (κ2) is 9.43. The standard InChI is InChI=1S/C28H28N2O4/c1-17(2)34-22-13-11-21(12-14-22)30-27(31)25(20-9-6-18(3)7-10-20)26(28(30)32)29-23-16-19(4)8-15-24(23)33-5/h6-17,29H,1-5H3. The van der Waals surface area contributed by atoms with Crippen molar-refractivity contribution >= 4 is 28.8 Å². The number of amides is 2. The number of benzene rings is 3. The van der Waals surface area contributed by atoms with Gasteiger partial charge in [0.15, 0.2) is 0 Å². The Morgan fingerprint density at radius 1 is 0.824 bits per heavy atom. The highest BCUT2D eigenvalue weighted by atomic mass is 16.5. The summed E-state index contributed by atoms with van der Waals surface area (Å²) in [4.78, 5) is 28.5. The Kier molecular flexibility index (Phi) is 6.41. The van der Waals surface area contributed by atoms with Crippen molar-refractivity contribution in [3.8, 4) is 11.5 Å². The Bertz CT molecular complexity index is 1260. The second-order valence-electron chi connectivity index (χ2n) is 8.55. The van der Waals surface area contributed by atoms with E-state index >= 15 is 0 Å². The van der Waals surface area contributed by atoms with Crippen molar-refractivity contribution in [2.75, 3.05) is 17.3 Å². The van der Waals surface area contributed by atoms with Gasteiger partial charge in [-0.25, -0.2) is 4.90 Å². The monoisotopic (exact) mass is 456 g/mol. The molecular formula is C28H28N2O4. The molecule has 2 amide bonds. The minimum atomic E-state index is -0.429. The number of rotatable bonds is 7. The average molecular weight is 457 g/mol. The predicted octanol–water partition coefficient (Wildman–Crippen LogP) is 5.50. The van der Waals surface area contributed by atoms with E-state index in [4.69, 9.17) is 9.47 Å². The molecule has 0 saturated heterocycles. The smallest absolute Gasteiger partial charge is 0.282 e. The van der Waals surface area contributed by atoms with E-state index in [-0.39, 0.29) is 17.7 Å². The first kappa shape index (κ1) is 23.1. The van der Waals surface area contributed by atoms with Gasteiger partial charge in [-0.1, -0.05) is 35.9 Å². The van der Waals surface area contributed by atoms with E-state index in [1.165, 1.54) is 4.90 Å². The van der Waals surface area contributed by atoms with E-state index in [9.17, 15) is 9.59 Å². The van der Waals surface area contributed by atoms with E-state index in [1.54, 1.807) is 31.4 Å². The molecule has 0 fully saturated rings. The maximum atomic E-state index is 13.6. The second-order valence-corrected chi connectivity index (χ2v) is 8.55. The maximum Gasteiger partial charge on any atom is 0.282 e. The van der Waals surface area contributed by atoms with Gasteiger partial charge < -0.3 is 14.8 Å². The third-order valence-electron chi connectivity index (χ3n) is 5.51. The highest BCUT2D eigenvalue weighted by molar-refractivity contribution is 6.46. The molecule has 4 rings (SSSR count). The lowest BCUT2D eigenvalue weighted by Gasteiger charge is -2.17. The number of nitrogens with zero attached hydrogens (tertiary/aromatic N) is 1. The van der Waals surface area contributed by atoms with E-state index < -0.39 is 5.91 Å². The van der Waals surface area contributed by atoms with E-state index in [2.05, 4.69) is 5.32 Å². The number of ether oxygens (including phenoxy) is 2. The number of imide groups is 1. The number of methoxy groups -OCH3 is 1. The van der Waals surface area contributed by atoms with Crippen LogP contribution in [-0.4, -0.2) is 25.0 Å². The molecule has 3 aromatic rings. The Morgan fingerprint density at radius 3 is 2.09 bits per heavy atom. The Balaban J connectivity index is 1.78. The van der Waals surface area contributed by atoms with E-state index in [1.807, 2.05) is 70.2 Å². The van der Waals surface area contributed by atoms with Gasteiger partial charge in [0, 0.05) is 0 Å². The number of hydrogen-bond acceptors (Lipinski definition) is 5. The van der Waals surface area contributed by atoms with Gasteiger partial charge in [-0.2, -0.15) is 0 Å².